The van der Waals surface area contributed by atoms with Gasteiger partial charge in [0.1, 0.15) is 17.7 Å². The number of pyridine rings is 1. The fourth-order valence-corrected chi connectivity index (χ4v) is 2.59. The summed E-state index contributed by atoms with van der Waals surface area (Å²) in [4.78, 5) is 17.5. The summed E-state index contributed by atoms with van der Waals surface area (Å²) in [5, 5.41) is 8.11. The highest BCUT2D eigenvalue weighted by molar-refractivity contribution is 5.91. The van der Waals surface area contributed by atoms with Crippen LogP contribution in [0.15, 0.2) is 30.5 Å². The molecule has 6 nitrogen and oxygen atoms in total. The second-order valence-corrected chi connectivity index (χ2v) is 5.97. The number of fused-ring (bicyclic) bond motifs is 1. The molecule has 0 unspecified atom stereocenters. The van der Waals surface area contributed by atoms with Crippen molar-refractivity contribution in [3.05, 3.63) is 30.5 Å². The molecule has 1 aromatic carbocycles. The average Bonchev–Trinajstić information content (AvgIpc) is 2.55. The Hall–Kier alpha value is -2.34. The molecule has 0 bridgehead atoms. The van der Waals surface area contributed by atoms with E-state index in [2.05, 4.69) is 15.6 Å². The molecule has 6 heteroatoms. The summed E-state index contributed by atoms with van der Waals surface area (Å²) in [5.41, 5.74) is 0. The van der Waals surface area contributed by atoms with E-state index in [1.807, 2.05) is 24.3 Å². The third-order valence-corrected chi connectivity index (χ3v) is 3.92. The van der Waals surface area contributed by atoms with Gasteiger partial charge >= 0.3 is 6.03 Å². The first-order chi connectivity index (χ1) is 11.1. The summed E-state index contributed by atoms with van der Waals surface area (Å²) in [7, 11) is 3.39. The van der Waals surface area contributed by atoms with Crippen molar-refractivity contribution in [2.45, 2.75) is 18.9 Å². The Morgan fingerprint density at radius 1 is 1.26 bits per heavy atom. The van der Waals surface area contributed by atoms with E-state index in [-0.39, 0.29) is 12.1 Å². The highest BCUT2D eigenvalue weighted by Gasteiger charge is 2.14. The first kappa shape index (κ1) is 15.6. The first-order valence-corrected chi connectivity index (χ1v) is 7.87. The number of aromatic nitrogens is 1. The lowest BCUT2D eigenvalue weighted by Crippen LogP contribution is -2.34. The van der Waals surface area contributed by atoms with Crippen LogP contribution in [0.1, 0.15) is 12.8 Å². The molecule has 0 saturated carbocycles. The average molecular weight is 314 g/mol. The van der Waals surface area contributed by atoms with Crippen LogP contribution in [0.25, 0.3) is 10.8 Å². The van der Waals surface area contributed by atoms with E-state index in [9.17, 15) is 4.79 Å². The largest absolute Gasteiger partial charge is 0.490 e. The van der Waals surface area contributed by atoms with Crippen LogP contribution < -0.4 is 15.4 Å². The number of ether oxygens (including phenoxy) is 1. The zero-order valence-electron chi connectivity index (χ0n) is 13.5. The van der Waals surface area contributed by atoms with Gasteiger partial charge < -0.3 is 15.0 Å². The molecule has 0 spiro atoms. The minimum Gasteiger partial charge on any atom is -0.490 e. The molecular formula is C17H22N4O2. The molecular weight excluding hydrogens is 292 g/mol. The molecule has 2 N–H and O–H groups in total. The third-order valence-electron chi connectivity index (χ3n) is 3.92. The second kappa shape index (κ2) is 6.83. The van der Waals surface area contributed by atoms with Crippen molar-refractivity contribution in [3.8, 4) is 5.75 Å². The highest BCUT2D eigenvalue weighted by Crippen LogP contribution is 2.24. The van der Waals surface area contributed by atoms with Crippen LogP contribution in [-0.4, -0.2) is 49.2 Å². The Labute approximate surface area is 135 Å². The molecule has 1 saturated heterocycles. The van der Waals surface area contributed by atoms with Gasteiger partial charge in [-0.05, 0) is 55.6 Å². The van der Waals surface area contributed by atoms with Crippen LogP contribution in [-0.2, 0) is 0 Å². The van der Waals surface area contributed by atoms with Crippen LogP contribution in [0.2, 0.25) is 0 Å². The number of urea groups is 1. The minimum atomic E-state index is -0.195. The molecule has 1 aliphatic rings. The monoisotopic (exact) mass is 314 g/mol. The van der Waals surface area contributed by atoms with Crippen LogP contribution in [0, 0.1) is 0 Å². The number of carbonyl (C=O) groups excluding carboxylic acids is 1. The zero-order chi connectivity index (χ0) is 16.2. The van der Waals surface area contributed by atoms with Gasteiger partial charge in [-0.3, -0.25) is 5.32 Å². The van der Waals surface area contributed by atoms with Gasteiger partial charge in [-0.25, -0.2) is 9.78 Å². The van der Waals surface area contributed by atoms with E-state index in [1.165, 1.54) is 4.90 Å². The normalized spacial score (nSPS) is 15.4. The van der Waals surface area contributed by atoms with Gasteiger partial charge in [-0.2, -0.15) is 0 Å². The molecule has 0 radical (unpaired) electrons. The Bertz CT molecular complexity index is 696. The number of anilines is 1. The molecule has 23 heavy (non-hydrogen) atoms. The van der Waals surface area contributed by atoms with E-state index < -0.39 is 0 Å². The van der Waals surface area contributed by atoms with Crippen LogP contribution in [0.4, 0.5) is 10.6 Å². The first-order valence-electron chi connectivity index (χ1n) is 7.87. The molecule has 1 aliphatic heterocycles. The Balaban J connectivity index is 1.78. The third kappa shape index (κ3) is 3.90. The fourth-order valence-electron chi connectivity index (χ4n) is 2.59. The van der Waals surface area contributed by atoms with Crippen molar-refractivity contribution in [2.24, 2.45) is 0 Å². The quantitative estimate of drug-likeness (QED) is 0.913. The van der Waals surface area contributed by atoms with Crippen molar-refractivity contribution in [1.82, 2.24) is 15.2 Å². The van der Waals surface area contributed by atoms with Crippen LogP contribution in [0.3, 0.4) is 0 Å². The van der Waals surface area contributed by atoms with E-state index in [0.717, 1.165) is 42.5 Å². The maximum Gasteiger partial charge on any atom is 0.322 e. The van der Waals surface area contributed by atoms with Crippen molar-refractivity contribution < 1.29 is 9.53 Å². The van der Waals surface area contributed by atoms with E-state index in [0.29, 0.717) is 5.82 Å². The van der Waals surface area contributed by atoms with Crippen LogP contribution >= 0.6 is 0 Å². The SMILES string of the molecule is CN(C)C(=O)Nc1cc2cc(OC3CCNCC3)ccc2cn1. The van der Waals surface area contributed by atoms with E-state index in [1.54, 1.807) is 20.3 Å². The van der Waals surface area contributed by atoms with E-state index >= 15 is 0 Å². The van der Waals surface area contributed by atoms with Gasteiger partial charge in [0.05, 0.1) is 0 Å². The van der Waals surface area contributed by atoms with Gasteiger partial charge in [0.2, 0.25) is 0 Å². The molecule has 0 aliphatic carbocycles. The predicted octanol–water partition coefficient (Wildman–Crippen LogP) is 2.46. The lowest BCUT2D eigenvalue weighted by atomic mass is 10.1. The number of carbonyl (C=O) groups is 1. The predicted molar refractivity (Wildman–Crippen MR) is 91.0 cm³/mol. The highest BCUT2D eigenvalue weighted by atomic mass is 16.5. The molecule has 122 valence electrons. The minimum absolute atomic E-state index is 0.195. The molecule has 1 aromatic heterocycles. The molecule has 2 amide bonds. The summed E-state index contributed by atoms with van der Waals surface area (Å²) < 4.78 is 6.07. The summed E-state index contributed by atoms with van der Waals surface area (Å²) in [5.74, 6) is 1.40. The Morgan fingerprint density at radius 3 is 2.78 bits per heavy atom. The number of hydrogen-bond acceptors (Lipinski definition) is 4. The molecule has 2 aromatic rings. The summed E-state index contributed by atoms with van der Waals surface area (Å²) in [6, 6.07) is 7.65. The van der Waals surface area contributed by atoms with Gasteiger partial charge in [-0.15, -0.1) is 0 Å². The number of amides is 2. The topological polar surface area (TPSA) is 66.5 Å². The summed E-state index contributed by atoms with van der Waals surface area (Å²) >= 11 is 0. The molecule has 3 rings (SSSR count). The molecule has 0 atom stereocenters. The lowest BCUT2D eigenvalue weighted by Gasteiger charge is -2.24. The number of benzene rings is 1. The second-order valence-electron chi connectivity index (χ2n) is 5.97. The zero-order valence-corrected chi connectivity index (χ0v) is 13.5. The van der Waals surface area contributed by atoms with Crippen molar-refractivity contribution in [1.29, 1.82) is 0 Å². The summed E-state index contributed by atoms with van der Waals surface area (Å²) in [6.07, 6.45) is 4.08. The van der Waals surface area contributed by atoms with E-state index in [4.69, 9.17) is 4.74 Å². The lowest BCUT2D eigenvalue weighted by molar-refractivity contribution is 0.162. The van der Waals surface area contributed by atoms with Gasteiger partial charge in [0, 0.05) is 25.7 Å². The number of hydrogen-bond donors (Lipinski definition) is 2. The van der Waals surface area contributed by atoms with Crippen molar-refractivity contribution in [3.63, 3.8) is 0 Å². The Morgan fingerprint density at radius 2 is 2.04 bits per heavy atom. The maximum absolute atomic E-state index is 11.7. The number of nitrogens with one attached hydrogen (secondary N) is 2. The van der Waals surface area contributed by atoms with Gasteiger partial charge in [0.25, 0.3) is 0 Å². The summed E-state index contributed by atoms with van der Waals surface area (Å²) in [6.45, 7) is 2.01. The Kier molecular flexibility index (Phi) is 4.62. The maximum atomic E-state index is 11.7. The standard InChI is InChI=1S/C17H22N4O2/c1-21(2)17(22)20-16-10-13-9-15(4-3-12(13)11-19-16)23-14-5-7-18-8-6-14/h3-4,9-11,14,18H,5-8H2,1-2H3,(H,19,20,22). The number of nitrogens with zero attached hydrogens (tertiary/aromatic N) is 2. The smallest absolute Gasteiger partial charge is 0.322 e. The fraction of sp³-hybridized carbons (Fsp3) is 0.412. The van der Waals surface area contributed by atoms with Crippen molar-refractivity contribution >= 4 is 22.6 Å². The molecule has 1 fully saturated rings. The van der Waals surface area contributed by atoms with Gasteiger partial charge in [0.15, 0.2) is 0 Å². The molecule has 2 heterocycles. The number of piperidine rings is 1. The number of rotatable bonds is 3. The van der Waals surface area contributed by atoms with Crippen LogP contribution in [0.5, 0.6) is 5.75 Å². The van der Waals surface area contributed by atoms with Crippen molar-refractivity contribution in [2.75, 3.05) is 32.5 Å². The van der Waals surface area contributed by atoms with Gasteiger partial charge in [-0.1, -0.05) is 0 Å².